The summed E-state index contributed by atoms with van der Waals surface area (Å²) in [5.74, 6) is -3.34. The molecule has 0 aromatic heterocycles. The molecule has 5 nitrogen and oxygen atoms in total. The first-order valence-corrected chi connectivity index (χ1v) is 7.98. The fourth-order valence-corrected chi connectivity index (χ4v) is 4.02. The Bertz CT molecular complexity index is 654. The quantitative estimate of drug-likeness (QED) is 0.889. The Labute approximate surface area is 121 Å². The number of carboxylic acids is 1. The van der Waals surface area contributed by atoms with Gasteiger partial charge in [-0.2, -0.15) is 4.72 Å². The van der Waals surface area contributed by atoms with Crippen LogP contribution in [0.1, 0.15) is 32.1 Å². The zero-order valence-electron chi connectivity index (χ0n) is 11.1. The van der Waals surface area contributed by atoms with Crippen LogP contribution in [0.3, 0.4) is 0 Å². The van der Waals surface area contributed by atoms with Crippen molar-refractivity contribution in [2.24, 2.45) is 0 Å². The van der Waals surface area contributed by atoms with E-state index in [1.807, 2.05) is 0 Å². The summed E-state index contributed by atoms with van der Waals surface area (Å²) in [6, 6.07) is 2.02. The molecule has 116 valence electrons. The lowest BCUT2D eigenvalue weighted by atomic mass is 9.83. The van der Waals surface area contributed by atoms with Gasteiger partial charge in [-0.1, -0.05) is 19.3 Å². The van der Waals surface area contributed by atoms with Crippen LogP contribution in [0.4, 0.5) is 8.78 Å². The van der Waals surface area contributed by atoms with Crippen molar-refractivity contribution in [3.8, 4) is 0 Å². The van der Waals surface area contributed by atoms with Gasteiger partial charge in [0.1, 0.15) is 22.1 Å². The summed E-state index contributed by atoms with van der Waals surface area (Å²) in [6.07, 6.45) is 2.17. The van der Waals surface area contributed by atoms with Gasteiger partial charge in [-0.05, 0) is 31.0 Å². The SMILES string of the molecule is O=C(O)C1(NS(=O)(=O)c2cc(F)ccc2F)CCCCC1. The molecule has 1 fully saturated rings. The molecule has 0 unspecified atom stereocenters. The minimum absolute atomic E-state index is 0.124. The van der Waals surface area contributed by atoms with E-state index >= 15 is 0 Å². The molecule has 1 aromatic rings. The fourth-order valence-electron chi connectivity index (χ4n) is 2.51. The molecular weight excluding hydrogens is 304 g/mol. The van der Waals surface area contributed by atoms with E-state index in [1.54, 1.807) is 0 Å². The summed E-state index contributed by atoms with van der Waals surface area (Å²) >= 11 is 0. The number of aliphatic carboxylic acids is 1. The van der Waals surface area contributed by atoms with E-state index in [0.29, 0.717) is 25.0 Å². The average molecular weight is 319 g/mol. The van der Waals surface area contributed by atoms with Gasteiger partial charge in [0.15, 0.2) is 0 Å². The van der Waals surface area contributed by atoms with Crippen LogP contribution in [0.5, 0.6) is 0 Å². The lowest BCUT2D eigenvalue weighted by molar-refractivity contribution is -0.145. The van der Waals surface area contributed by atoms with E-state index < -0.39 is 38.1 Å². The molecule has 0 atom stereocenters. The Morgan fingerprint density at radius 1 is 1.19 bits per heavy atom. The van der Waals surface area contributed by atoms with Crippen LogP contribution in [0.15, 0.2) is 23.1 Å². The van der Waals surface area contributed by atoms with E-state index in [2.05, 4.69) is 4.72 Å². The molecule has 21 heavy (non-hydrogen) atoms. The topological polar surface area (TPSA) is 83.5 Å². The largest absolute Gasteiger partial charge is 0.480 e. The van der Waals surface area contributed by atoms with Crippen LogP contribution in [0.2, 0.25) is 0 Å². The molecule has 1 aromatic carbocycles. The van der Waals surface area contributed by atoms with E-state index in [9.17, 15) is 27.1 Å². The van der Waals surface area contributed by atoms with Crippen molar-refractivity contribution >= 4 is 16.0 Å². The summed E-state index contributed by atoms with van der Waals surface area (Å²) in [7, 11) is -4.46. The van der Waals surface area contributed by atoms with Crippen LogP contribution in [0, 0.1) is 11.6 Å². The van der Waals surface area contributed by atoms with Crippen LogP contribution in [-0.4, -0.2) is 25.0 Å². The number of hydrogen-bond acceptors (Lipinski definition) is 3. The highest BCUT2D eigenvalue weighted by molar-refractivity contribution is 7.89. The molecular formula is C13H15F2NO4S. The van der Waals surface area contributed by atoms with E-state index in [4.69, 9.17) is 0 Å². The second-order valence-corrected chi connectivity index (χ2v) is 6.78. The first-order chi connectivity index (χ1) is 9.77. The number of rotatable bonds is 4. The third-order valence-electron chi connectivity index (χ3n) is 3.63. The van der Waals surface area contributed by atoms with Gasteiger partial charge >= 0.3 is 5.97 Å². The molecule has 1 saturated carbocycles. The van der Waals surface area contributed by atoms with Gasteiger partial charge in [-0.15, -0.1) is 0 Å². The molecule has 0 spiro atoms. The summed E-state index contributed by atoms with van der Waals surface area (Å²) in [6.45, 7) is 0. The molecule has 1 aliphatic rings. The van der Waals surface area contributed by atoms with Crippen LogP contribution in [-0.2, 0) is 14.8 Å². The van der Waals surface area contributed by atoms with Crippen LogP contribution >= 0.6 is 0 Å². The highest BCUT2D eigenvalue weighted by Crippen LogP contribution is 2.30. The summed E-state index contributed by atoms with van der Waals surface area (Å²) in [5.41, 5.74) is -1.66. The third-order valence-corrected chi connectivity index (χ3v) is 5.18. The Kier molecular flexibility index (Phi) is 4.29. The van der Waals surface area contributed by atoms with Gasteiger partial charge in [0.25, 0.3) is 0 Å². The average Bonchev–Trinajstić information content (AvgIpc) is 2.42. The van der Waals surface area contributed by atoms with E-state index in [1.165, 1.54) is 0 Å². The highest BCUT2D eigenvalue weighted by atomic mass is 32.2. The van der Waals surface area contributed by atoms with Crippen LogP contribution < -0.4 is 4.72 Å². The Balaban J connectivity index is 2.39. The third kappa shape index (κ3) is 3.21. The zero-order chi connectivity index (χ0) is 15.7. The Hall–Kier alpha value is -1.54. The van der Waals surface area contributed by atoms with Crippen molar-refractivity contribution in [3.63, 3.8) is 0 Å². The van der Waals surface area contributed by atoms with E-state index in [-0.39, 0.29) is 12.8 Å². The van der Waals surface area contributed by atoms with Crippen molar-refractivity contribution in [1.29, 1.82) is 0 Å². The summed E-state index contributed by atoms with van der Waals surface area (Å²) in [5, 5.41) is 9.33. The van der Waals surface area contributed by atoms with E-state index in [0.717, 1.165) is 12.5 Å². The number of carbonyl (C=O) groups is 1. The van der Waals surface area contributed by atoms with Gasteiger partial charge in [-0.25, -0.2) is 17.2 Å². The number of nitrogens with one attached hydrogen (secondary N) is 1. The molecule has 2 N–H and O–H groups in total. The van der Waals surface area contributed by atoms with Crippen LogP contribution in [0.25, 0.3) is 0 Å². The van der Waals surface area contributed by atoms with Gasteiger partial charge in [0.05, 0.1) is 0 Å². The predicted molar refractivity (Wildman–Crippen MR) is 70.1 cm³/mol. The van der Waals surface area contributed by atoms with Gasteiger partial charge in [0.2, 0.25) is 10.0 Å². The molecule has 0 saturated heterocycles. The highest BCUT2D eigenvalue weighted by Gasteiger charge is 2.43. The van der Waals surface area contributed by atoms with Crippen molar-refractivity contribution < 1.29 is 27.1 Å². The van der Waals surface area contributed by atoms with Crippen molar-refractivity contribution in [2.45, 2.75) is 42.5 Å². The monoisotopic (exact) mass is 319 g/mol. The number of carboxylic acid groups (broad SMARTS) is 1. The molecule has 0 radical (unpaired) electrons. The molecule has 0 heterocycles. The van der Waals surface area contributed by atoms with Crippen molar-refractivity contribution in [3.05, 3.63) is 29.8 Å². The Morgan fingerprint density at radius 2 is 1.81 bits per heavy atom. The number of benzene rings is 1. The summed E-state index contributed by atoms with van der Waals surface area (Å²) in [4.78, 5) is 10.6. The number of sulfonamides is 1. The Morgan fingerprint density at radius 3 is 2.38 bits per heavy atom. The first kappa shape index (κ1) is 15.8. The second-order valence-electron chi connectivity index (χ2n) is 5.13. The number of hydrogen-bond donors (Lipinski definition) is 2. The minimum Gasteiger partial charge on any atom is -0.480 e. The normalized spacial score (nSPS) is 18.4. The lowest BCUT2D eigenvalue weighted by Crippen LogP contribution is -2.55. The standard InChI is InChI=1S/C13H15F2NO4S/c14-9-4-5-10(15)11(8-9)21(19,20)16-13(12(17)18)6-2-1-3-7-13/h4-5,8,16H,1-3,6-7H2,(H,17,18). The van der Waals surface area contributed by atoms with Gasteiger partial charge in [-0.3, -0.25) is 4.79 Å². The first-order valence-electron chi connectivity index (χ1n) is 6.49. The maximum atomic E-state index is 13.6. The van der Waals surface area contributed by atoms with Gasteiger partial charge in [0, 0.05) is 0 Å². The molecule has 0 bridgehead atoms. The van der Waals surface area contributed by atoms with Crippen molar-refractivity contribution in [1.82, 2.24) is 4.72 Å². The zero-order valence-corrected chi connectivity index (χ0v) is 11.9. The smallest absolute Gasteiger partial charge is 0.324 e. The summed E-state index contributed by atoms with van der Waals surface area (Å²) < 4.78 is 53.2. The number of halogens is 2. The molecule has 2 rings (SSSR count). The predicted octanol–water partition coefficient (Wildman–Crippen LogP) is 2.03. The van der Waals surface area contributed by atoms with Crippen molar-refractivity contribution in [2.75, 3.05) is 0 Å². The molecule has 1 aliphatic carbocycles. The minimum atomic E-state index is -4.46. The second kappa shape index (κ2) is 5.69. The van der Waals surface area contributed by atoms with Gasteiger partial charge < -0.3 is 5.11 Å². The maximum Gasteiger partial charge on any atom is 0.324 e. The molecule has 0 amide bonds. The lowest BCUT2D eigenvalue weighted by Gasteiger charge is -2.33. The fraction of sp³-hybridized carbons (Fsp3) is 0.462. The maximum absolute atomic E-state index is 13.6. The molecule has 0 aliphatic heterocycles. The molecule has 8 heteroatoms.